The van der Waals surface area contributed by atoms with Crippen molar-refractivity contribution in [3.63, 3.8) is 0 Å². The van der Waals surface area contributed by atoms with Crippen LogP contribution in [0.25, 0.3) is 0 Å². The average molecular weight is 291 g/mol. The Morgan fingerprint density at radius 2 is 1.85 bits per heavy atom. The van der Waals surface area contributed by atoms with Gasteiger partial charge >= 0.3 is 0 Å². The Hall–Kier alpha value is -0.763. The van der Waals surface area contributed by atoms with E-state index in [2.05, 4.69) is 58.1 Å². The summed E-state index contributed by atoms with van der Waals surface area (Å²) in [6, 6.07) is 11.5. The predicted octanol–water partition coefficient (Wildman–Crippen LogP) is 5.84. The van der Waals surface area contributed by atoms with Gasteiger partial charge in [-0.25, -0.2) is 0 Å². The normalized spacial score (nSPS) is 26.4. The molecule has 1 aromatic carbocycles. The van der Waals surface area contributed by atoms with Gasteiger partial charge in [0.25, 0.3) is 0 Å². The molecule has 0 aromatic heterocycles. The van der Waals surface area contributed by atoms with E-state index < -0.39 is 8.07 Å². The van der Waals surface area contributed by atoms with E-state index in [-0.39, 0.29) is 5.60 Å². The molecule has 0 spiro atoms. The summed E-state index contributed by atoms with van der Waals surface area (Å²) in [6.45, 7) is 11.8. The molecule has 1 aromatic rings. The quantitative estimate of drug-likeness (QED) is 0.619. The second-order valence-electron chi connectivity index (χ2n) is 7.36. The third-order valence-electron chi connectivity index (χ3n) is 5.10. The van der Waals surface area contributed by atoms with Gasteiger partial charge in [-0.2, -0.15) is 0 Å². The summed E-state index contributed by atoms with van der Waals surface area (Å²) < 4.78 is 6.45. The Bertz CT molecular complexity index is 437. The van der Waals surface area contributed by atoms with Crippen molar-refractivity contribution in [2.45, 2.75) is 76.7 Å². The molecule has 1 fully saturated rings. The molecule has 1 aliphatic heterocycles. The zero-order valence-electron chi connectivity index (χ0n) is 13.8. The Balaban J connectivity index is 2.09. The minimum Gasteiger partial charge on any atom is -0.488 e. The van der Waals surface area contributed by atoms with E-state index >= 15 is 0 Å². The van der Waals surface area contributed by atoms with Gasteiger partial charge in [0.15, 0.2) is 0 Å². The minimum atomic E-state index is -1.01. The van der Waals surface area contributed by atoms with Crippen LogP contribution in [0.4, 0.5) is 0 Å². The van der Waals surface area contributed by atoms with Crippen LogP contribution in [0.5, 0.6) is 5.75 Å². The third-order valence-corrected chi connectivity index (χ3v) is 8.30. The van der Waals surface area contributed by atoms with Crippen LogP contribution in [0.15, 0.2) is 24.3 Å². The average Bonchev–Trinajstić information content (AvgIpc) is 2.75. The lowest BCUT2D eigenvalue weighted by Gasteiger charge is -2.31. The zero-order valence-corrected chi connectivity index (χ0v) is 14.8. The smallest absolute Gasteiger partial charge is 0.120 e. The molecular weight excluding hydrogens is 260 g/mol. The maximum absolute atomic E-state index is 6.45. The monoisotopic (exact) mass is 290 g/mol. The molecule has 2 unspecified atom stereocenters. The number of hydrogen-bond donors (Lipinski definition) is 0. The largest absolute Gasteiger partial charge is 0.488 e. The molecule has 0 aliphatic carbocycles. The summed E-state index contributed by atoms with van der Waals surface area (Å²) in [5.74, 6) is 1.70. The van der Waals surface area contributed by atoms with Gasteiger partial charge in [0.05, 0.1) is 8.07 Å². The first kappa shape index (κ1) is 15.6. The third kappa shape index (κ3) is 3.46. The van der Waals surface area contributed by atoms with Gasteiger partial charge in [0.2, 0.25) is 0 Å². The lowest BCUT2D eigenvalue weighted by molar-refractivity contribution is 0.0884. The summed E-state index contributed by atoms with van der Waals surface area (Å²) in [4.78, 5) is 0. The molecular formula is C18H30OSi. The van der Waals surface area contributed by atoms with Crippen LogP contribution in [0.3, 0.4) is 0 Å². The van der Waals surface area contributed by atoms with E-state index in [1.165, 1.54) is 30.5 Å². The van der Waals surface area contributed by atoms with Crippen LogP contribution in [0, 0.1) is 0 Å². The van der Waals surface area contributed by atoms with E-state index in [0.717, 1.165) is 12.2 Å². The molecule has 0 N–H and O–H groups in total. The first-order valence-electron chi connectivity index (χ1n) is 8.19. The lowest BCUT2D eigenvalue weighted by atomic mass is 9.98. The molecule has 0 amide bonds. The zero-order chi connectivity index (χ0) is 14.8. The van der Waals surface area contributed by atoms with Crippen LogP contribution in [0.2, 0.25) is 25.2 Å². The molecule has 0 bridgehead atoms. The Labute approximate surface area is 125 Å². The molecule has 0 saturated carbocycles. The molecule has 2 atom stereocenters. The standard InChI is InChI=1S/C18H30OSi/c1-6-15(3)16-8-10-17(11-9-16)19-18(7-2)12-13-20(4,5)14-18/h8-11,15H,6-7,12-14H2,1-5H3. The van der Waals surface area contributed by atoms with Crippen molar-refractivity contribution in [2.24, 2.45) is 0 Å². The molecule has 112 valence electrons. The van der Waals surface area contributed by atoms with Crippen molar-refractivity contribution in [3.8, 4) is 5.75 Å². The molecule has 1 saturated heterocycles. The Morgan fingerprint density at radius 1 is 1.20 bits per heavy atom. The van der Waals surface area contributed by atoms with Gasteiger partial charge in [-0.05, 0) is 48.9 Å². The van der Waals surface area contributed by atoms with Crippen molar-refractivity contribution < 1.29 is 4.74 Å². The highest BCUT2D eigenvalue weighted by Gasteiger charge is 2.44. The topological polar surface area (TPSA) is 9.23 Å². The maximum Gasteiger partial charge on any atom is 0.120 e. The van der Waals surface area contributed by atoms with Crippen LogP contribution in [-0.2, 0) is 0 Å². The molecule has 0 radical (unpaired) electrons. The number of ether oxygens (including phenoxy) is 1. The van der Waals surface area contributed by atoms with E-state index in [1.807, 2.05) is 0 Å². The van der Waals surface area contributed by atoms with E-state index in [4.69, 9.17) is 4.74 Å². The number of rotatable bonds is 5. The van der Waals surface area contributed by atoms with Gasteiger partial charge < -0.3 is 4.74 Å². The van der Waals surface area contributed by atoms with Crippen molar-refractivity contribution in [2.75, 3.05) is 0 Å². The van der Waals surface area contributed by atoms with Gasteiger partial charge in [0, 0.05) is 0 Å². The van der Waals surface area contributed by atoms with Gasteiger partial charge in [-0.1, -0.05) is 52.0 Å². The summed E-state index contributed by atoms with van der Waals surface area (Å²) >= 11 is 0. The van der Waals surface area contributed by atoms with Gasteiger partial charge in [-0.15, -0.1) is 0 Å². The maximum atomic E-state index is 6.45. The molecule has 2 rings (SSSR count). The van der Waals surface area contributed by atoms with E-state index in [0.29, 0.717) is 5.92 Å². The Morgan fingerprint density at radius 3 is 2.30 bits per heavy atom. The first-order valence-corrected chi connectivity index (χ1v) is 11.6. The summed E-state index contributed by atoms with van der Waals surface area (Å²) in [5, 5.41) is 0. The Kier molecular flexibility index (Phi) is 4.63. The fraction of sp³-hybridized carbons (Fsp3) is 0.667. The molecule has 1 aliphatic rings. The van der Waals surface area contributed by atoms with Crippen molar-refractivity contribution in [1.82, 2.24) is 0 Å². The van der Waals surface area contributed by atoms with Crippen LogP contribution < -0.4 is 4.74 Å². The summed E-state index contributed by atoms with van der Waals surface area (Å²) in [7, 11) is -1.01. The number of hydrogen-bond acceptors (Lipinski definition) is 1. The highest BCUT2D eigenvalue weighted by molar-refractivity contribution is 6.78. The number of benzene rings is 1. The second kappa shape index (κ2) is 5.93. The molecule has 2 heteroatoms. The highest BCUT2D eigenvalue weighted by Crippen LogP contribution is 2.43. The highest BCUT2D eigenvalue weighted by atomic mass is 28.3. The second-order valence-corrected chi connectivity index (χ2v) is 12.5. The molecule has 1 heterocycles. The summed E-state index contributed by atoms with van der Waals surface area (Å²) in [6.07, 6.45) is 3.57. The van der Waals surface area contributed by atoms with Crippen LogP contribution in [-0.4, -0.2) is 13.7 Å². The molecule has 20 heavy (non-hydrogen) atoms. The van der Waals surface area contributed by atoms with Gasteiger partial charge in [-0.3, -0.25) is 0 Å². The fourth-order valence-electron chi connectivity index (χ4n) is 3.43. The molecule has 1 nitrogen and oxygen atoms in total. The van der Waals surface area contributed by atoms with Crippen molar-refractivity contribution in [1.29, 1.82) is 0 Å². The van der Waals surface area contributed by atoms with Crippen LogP contribution >= 0.6 is 0 Å². The predicted molar refractivity (Wildman–Crippen MR) is 90.5 cm³/mol. The van der Waals surface area contributed by atoms with Crippen LogP contribution in [0.1, 0.15) is 51.5 Å². The van der Waals surface area contributed by atoms with Crippen molar-refractivity contribution >= 4 is 8.07 Å². The van der Waals surface area contributed by atoms with E-state index in [9.17, 15) is 0 Å². The van der Waals surface area contributed by atoms with Gasteiger partial charge in [0.1, 0.15) is 11.4 Å². The lowest BCUT2D eigenvalue weighted by Crippen LogP contribution is -2.35. The fourth-order valence-corrected chi connectivity index (χ4v) is 6.98. The first-order chi connectivity index (χ1) is 9.40. The SMILES string of the molecule is CCC(C)c1ccc(OC2(CC)CC[Si](C)(C)C2)cc1. The van der Waals surface area contributed by atoms with Crippen molar-refractivity contribution in [3.05, 3.63) is 29.8 Å². The van der Waals surface area contributed by atoms with E-state index in [1.54, 1.807) is 0 Å². The summed E-state index contributed by atoms with van der Waals surface area (Å²) in [5.41, 5.74) is 1.54. The minimum absolute atomic E-state index is 0.119.